The molecule has 0 unspecified atom stereocenters. The molecule has 13 heavy (non-hydrogen) atoms. The van der Waals surface area contributed by atoms with Gasteiger partial charge in [0.15, 0.2) is 0 Å². The highest BCUT2D eigenvalue weighted by atomic mass is 79.9. The van der Waals surface area contributed by atoms with Gasteiger partial charge < -0.3 is 10.4 Å². The van der Waals surface area contributed by atoms with Gasteiger partial charge in [0.25, 0.3) is 0 Å². The smallest absolute Gasteiger partial charge is 0.0783 e. The fourth-order valence-corrected chi connectivity index (χ4v) is 1.76. The number of halogens is 2. The molecule has 0 aliphatic rings. The van der Waals surface area contributed by atoms with Crippen molar-refractivity contribution in [3.8, 4) is 0 Å². The fraction of sp³-hybridized carbons (Fsp3) is 0.375. The van der Waals surface area contributed by atoms with Gasteiger partial charge in [-0.1, -0.05) is 11.6 Å². The lowest BCUT2D eigenvalue weighted by molar-refractivity contribution is 0.248. The Morgan fingerprint density at radius 2 is 2.46 bits per heavy atom. The van der Waals surface area contributed by atoms with Gasteiger partial charge in [0.2, 0.25) is 0 Å². The van der Waals surface area contributed by atoms with E-state index < -0.39 is 0 Å². The third-order valence-electron chi connectivity index (χ3n) is 1.70. The van der Waals surface area contributed by atoms with Crippen molar-refractivity contribution >= 4 is 27.5 Å². The standard InChI is InChI=1S/C8H10BrClN2O/c1-11-7(4-13)8-6(10)2-5(9)3-12-8/h2-3,7,11,13H,4H2,1H3/t7-/m1/s1. The minimum Gasteiger partial charge on any atom is -0.394 e. The molecule has 1 heterocycles. The Labute approximate surface area is 90.3 Å². The minimum absolute atomic E-state index is 0.0230. The predicted molar refractivity (Wildman–Crippen MR) is 55.8 cm³/mol. The summed E-state index contributed by atoms with van der Waals surface area (Å²) in [5, 5.41) is 12.5. The van der Waals surface area contributed by atoms with E-state index in [-0.39, 0.29) is 12.6 Å². The van der Waals surface area contributed by atoms with Gasteiger partial charge in [0.1, 0.15) is 0 Å². The molecule has 0 aromatic carbocycles. The second-order valence-electron chi connectivity index (χ2n) is 2.54. The summed E-state index contributed by atoms with van der Waals surface area (Å²) < 4.78 is 0.828. The maximum absolute atomic E-state index is 9.00. The van der Waals surface area contributed by atoms with Crippen LogP contribution in [0.1, 0.15) is 11.7 Å². The Balaban J connectivity index is 2.99. The molecule has 0 radical (unpaired) electrons. The molecule has 0 saturated heterocycles. The summed E-state index contributed by atoms with van der Waals surface area (Å²) in [6, 6.07) is 1.55. The summed E-state index contributed by atoms with van der Waals surface area (Å²) >= 11 is 9.20. The second kappa shape index (κ2) is 4.91. The molecule has 0 saturated carbocycles. The first-order chi connectivity index (χ1) is 6.19. The predicted octanol–water partition coefficient (Wildman–Crippen LogP) is 1.75. The third-order valence-corrected chi connectivity index (χ3v) is 2.43. The summed E-state index contributed by atoms with van der Waals surface area (Å²) in [5.74, 6) is 0. The Morgan fingerprint density at radius 1 is 1.77 bits per heavy atom. The van der Waals surface area contributed by atoms with E-state index in [2.05, 4.69) is 26.2 Å². The Morgan fingerprint density at radius 3 is 2.92 bits per heavy atom. The van der Waals surface area contributed by atoms with E-state index in [1.807, 2.05) is 0 Å². The average Bonchev–Trinajstić information content (AvgIpc) is 2.10. The molecule has 1 aromatic heterocycles. The molecular weight excluding hydrogens is 255 g/mol. The number of rotatable bonds is 3. The van der Waals surface area contributed by atoms with Crippen LogP contribution in [0.3, 0.4) is 0 Å². The van der Waals surface area contributed by atoms with E-state index >= 15 is 0 Å². The molecule has 1 aromatic rings. The molecule has 3 nitrogen and oxygen atoms in total. The lowest BCUT2D eigenvalue weighted by atomic mass is 10.2. The summed E-state index contributed by atoms with van der Waals surface area (Å²) in [4.78, 5) is 4.12. The molecule has 0 fully saturated rings. The molecule has 0 aliphatic carbocycles. The monoisotopic (exact) mass is 264 g/mol. The lowest BCUT2D eigenvalue weighted by Crippen LogP contribution is -2.21. The molecule has 2 N–H and O–H groups in total. The molecule has 1 rings (SSSR count). The zero-order valence-corrected chi connectivity index (χ0v) is 9.43. The van der Waals surface area contributed by atoms with Gasteiger partial charge in [-0.2, -0.15) is 0 Å². The molecule has 1 atom stereocenters. The number of hydrogen-bond donors (Lipinski definition) is 2. The maximum Gasteiger partial charge on any atom is 0.0783 e. The number of hydrogen-bond acceptors (Lipinski definition) is 3. The van der Waals surface area contributed by atoms with E-state index in [1.54, 1.807) is 19.3 Å². The SMILES string of the molecule is CN[C@H](CO)c1ncc(Br)cc1Cl. The molecule has 5 heteroatoms. The van der Waals surface area contributed by atoms with Crippen molar-refractivity contribution in [2.45, 2.75) is 6.04 Å². The van der Waals surface area contributed by atoms with Crippen molar-refractivity contribution in [3.05, 3.63) is 27.5 Å². The summed E-state index contributed by atoms with van der Waals surface area (Å²) in [6.07, 6.45) is 1.65. The highest BCUT2D eigenvalue weighted by Gasteiger charge is 2.13. The third kappa shape index (κ3) is 2.64. The van der Waals surface area contributed by atoms with Gasteiger partial charge in [0.05, 0.1) is 23.4 Å². The van der Waals surface area contributed by atoms with E-state index in [1.165, 1.54) is 0 Å². The van der Waals surface area contributed by atoms with Crippen LogP contribution in [-0.4, -0.2) is 23.7 Å². The van der Waals surface area contributed by atoms with Gasteiger partial charge in [-0.3, -0.25) is 4.98 Å². The van der Waals surface area contributed by atoms with Gasteiger partial charge >= 0.3 is 0 Å². The number of nitrogens with zero attached hydrogens (tertiary/aromatic N) is 1. The zero-order valence-electron chi connectivity index (χ0n) is 7.09. The van der Waals surface area contributed by atoms with Crippen LogP contribution in [0.5, 0.6) is 0 Å². The van der Waals surface area contributed by atoms with E-state index in [4.69, 9.17) is 16.7 Å². The summed E-state index contributed by atoms with van der Waals surface area (Å²) in [5.41, 5.74) is 0.662. The molecule has 0 bridgehead atoms. The number of aromatic nitrogens is 1. The molecular formula is C8H10BrClN2O. The number of pyridine rings is 1. The van der Waals surface area contributed by atoms with Crippen molar-refractivity contribution in [2.24, 2.45) is 0 Å². The van der Waals surface area contributed by atoms with Crippen molar-refractivity contribution < 1.29 is 5.11 Å². The van der Waals surface area contributed by atoms with Crippen LogP contribution in [0.25, 0.3) is 0 Å². The summed E-state index contributed by atoms with van der Waals surface area (Å²) in [7, 11) is 1.75. The number of aliphatic hydroxyl groups excluding tert-OH is 1. The first-order valence-corrected chi connectivity index (χ1v) is 4.95. The number of likely N-dealkylation sites (N-methyl/N-ethyl adjacent to an activating group) is 1. The van der Waals surface area contributed by atoms with E-state index in [0.29, 0.717) is 10.7 Å². The van der Waals surface area contributed by atoms with Gasteiger partial charge in [-0.25, -0.2) is 0 Å². The molecule has 0 aliphatic heterocycles. The second-order valence-corrected chi connectivity index (χ2v) is 3.87. The fourth-order valence-electron chi connectivity index (χ4n) is 0.996. The minimum atomic E-state index is -0.208. The number of nitrogens with one attached hydrogen (secondary N) is 1. The molecule has 0 spiro atoms. The van der Waals surface area contributed by atoms with Crippen LogP contribution in [0.4, 0.5) is 0 Å². The quantitative estimate of drug-likeness (QED) is 0.875. The molecule has 0 amide bonds. The van der Waals surface area contributed by atoms with Crippen molar-refractivity contribution in [3.63, 3.8) is 0 Å². The van der Waals surface area contributed by atoms with Crippen LogP contribution >= 0.6 is 27.5 Å². The van der Waals surface area contributed by atoms with Gasteiger partial charge in [-0.05, 0) is 29.0 Å². The highest BCUT2D eigenvalue weighted by molar-refractivity contribution is 9.10. The largest absolute Gasteiger partial charge is 0.394 e. The van der Waals surface area contributed by atoms with Crippen LogP contribution in [0.2, 0.25) is 5.02 Å². The normalized spacial score (nSPS) is 12.9. The van der Waals surface area contributed by atoms with Crippen LogP contribution in [0.15, 0.2) is 16.7 Å². The average molecular weight is 266 g/mol. The van der Waals surface area contributed by atoms with Crippen molar-refractivity contribution in [1.29, 1.82) is 0 Å². The molecule has 72 valence electrons. The van der Waals surface area contributed by atoms with Crippen LogP contribution < -0.4 is 5.32 Å². The Kier molecular flexibility index (Phi) is 4.12. The Hall–Kier alpha value is -0.160. The van der Waals surface area contributed by atoms with Gasteiger partial charge in [0, 0.05) is 10.7 Å². The van der Waals surface area contributed by atoms with E-state index in [0.717, 1.165) is 4.47 Å². The number of aliphatic hydroxyl groups is 1. The van der Waals surface area contributed by atoms with E-state index in [9.17, 15) is 0 Å². The van der Waals surface area contributed by atoms with Crippen LogP contribution in [-0.2, 0) is 0 Å². The maximum atomic E-state index is 9.00. The van der Waals surface area contributed by atoms with Crippen molar-refractivity contribution in [1.82, 2.24) is 10.3 Å². The van der Waals surface area contributed by atoms with Gasteiger partial charge in [-0.15, -0.1) is 0 Å². The van der Waals surface area contributed by atoms with Crippen molar-refractivity contribution in [2.75, 3.05) is 13.7 Å². The summed E-state index contributed by atoms with van der Waals surface area (Å²) in [6.45, 7) is -0.0230. The first-order valence-electron chi connectivity index (χ1n) is 3.78. The lowest BCUT2D eigenvalue weighted by Gasteiger charge is -2.13. The highest BCUT2D eigenvalue weighted by Crippen LogP contribution is 2.23. The zero-order chi connectivity index (χ0) is 9.84. The topological polar surface area (TPSA) is 45.1 Å². The first kappa shape index (κ1) is 10.9. The Bertz CT molecular complexity index is 291. The van der Waals surface area contributed by atoms with Crippen LogP contribution in [0, 0.1) is 0 Å².